The van der Waals surface area contributed by atoms with Gasteiger partial charge in [0.15, 0.2) is 0 Å². The minimum Gasteiger partial charge on any atom is -0.301 e. The van der Waals surface area contributed by atoms with E-state index in [0.29, 0.717) is 5.92 Å². The summed E-state index contributed by atoms with van der Waals surface area (Å²) >= 11 is 0. The molecule has 0 heterocycles. The van der Waals surface area contributed by atoms with Crippen molar-refractivity contribution in [2.75, 3.05) is 0 Å². The van der Waals surface area contributed by atoms with Gasteiger partial charge in [0, 0.05) is 6.04 Å². The van der Waals surface area contributed by atoms with Gasteiger partial charge in [-0.25, -0.2) is 0 Å². The normalized spacial score (nSPS) is 34.4. The van der Waals surface area contributed by atoms with E-state index in [1.807, 2.05) is 0 Å². The van der Waals surface area contributed by atoms with E-state index in [1.165, 1.54) is 0 Å². The molecule has 0 amide bonds. The van der Waals surface area contributed by atoms with E-state index in [4.69, 9.17) is 0 Å². The van der Waals surface area contributed by atoms with Crippen LogP contribution in [0.2, 0.25) is 0 Å². The molecule has 2 unspecified atom stereocenters. The van der Waals surface area contributed by atoms with E-state index in [1.54, 1.807) is 0 Å². The van der Waals surface area contributed by atoms with Gasteiger partial charge >= 0.3 is 6.18 Å². The van der Waals surface area contributed by atoms with Gasteiger partial charge < -0.3 is 5.32 Å². The molecule has 15 heavy (non-hydrogen) atoms. The van der Waals surface area contributed by atoms with Gasteiger partial charge in [0.05, 0.1) is 0 Å². The zero-order valence-corrected chi connectivity index (χ0v) is 9.03. The Balaban J connectivity index is 1.88. The molecule has 0 spiro atoms. The van der Waals surface area contributed by atoms with Crippen molar-refractivity contribution in [2.24, 2.45) is 5.92 Å². The second kappa shape index (κ2) is 3.65. The van der Waals surface area contributed by atoms with Crippen LogP contribution in [0.25, 0.3) is 0 Å². The average Bonchev–Trinajstić information content (AvgIpc) is 2.78. The smallest absolute Gasteiger partial charge is 0.301 e. The van der Waals surface area contributed by atoms with Gasteiger partial charge in [-0.05, 0) is 38.0 Å². The summed E-state index contributed by atoms with van der Waals surface area (Å²) < 4.78 is 38.0. The number of alkyl halides is 3. The number of halogens is 3. The highest BCUT2D eigenvalue weighted by atomic mass is 19.4. The van der Waals surface area contributed by atoms with E-state index in [9.17, 15) is 13.2 Å². The molecule has 0 bridgehead atoms. The van der Waals surface area contributed by atoms with Crippen LogP contribution in [-0.4, -0.2) is 17.8 Å². The topological polar surface area (TPSA) is 12.0 Å². The largest absolute Gasteiger partial charge is 0.406 e. The molecule has 1 N–H and O–H groups in total. The SMILES string of the molecule is CCC1CCC(NC2(C(F)(F)F)CC2)C1. The molecule has 0 aliphatic heterocycles. The van der Waals surface area contributed by atoms with Crippen LogP contribution in [0.5, 0.6) is 0 Å². The molecule has 88 valence electrons. The Morgan fingerprint density at radius 3 is 2.33 bits per heavy atom. The Kier molecular flexibility index (Phi) is 2.73. The lowest BCUT2D eigenvalue weighted by atomic mass is 10.1. The number of hydrogen-bond donors (Lipinski definition) is 1. The molecule has 2 atom stereocenters. The summed E-state index contributed by atoms with van der Waals surface area (Å²) in [4.78, 5) is 0. The predicted octanol–water partition coefficient (Wildman–Crippen LogP) is 3.25. The first-order valence-corrected chi connectivity index (χ1v) is 5.81. The second-order valence-electron chi connectivity index (χ2n) is 5.01. The molecule has 0 aromatic heterocycles. The second-order valence-corrected chi connectivity index (χ2v) is 5.01. The average molecular weight is 221 g/mol. The summed E-state index contributed by atoms with van der Waals surface area (Å²) in [5.41, 5.74) is -1.51. The summed E-state index contributed by atoms with van der Waals surface area (Å²) in [5.74, 6) is 0.631. The van der Waals surface area contributed by atoms with Crippen molar-refractivity contribution in [3.8, 4) is 0 Å². The van der Waals surface area contributed by atoms with Gasteiger partial charge in [-0.15, -0.1) is 0 Å². The molecule has 1 nitrogen and oxygen atoms in total. The van der Waals surface area contributed by atoms with Gasteiger partial charge in [-0.3, -0.25) is 0 Å². The fourth-order valence-electron chi connectivity index (χ4n) is 2.60. The highest BCUT2D eigenvalue weighted by Crippen LogP contribution is 2.50. The van der Waals surface area contributed by atoms with Crippen LogP contribution in [0.1, 0.15) is 45.4 Å². The van der Waals surface area contributed by atoms with Crippen molar-refractivity contribution < 1.29 is 13.2 Å². The monoisotopic (exact) mass is 221 g/mol. The summed E-state index contributed by atoms with van der Waals surface area (Å²) in [6, 6.07) is 0.0964. The fourth-order valence-corrected chi connectivity index (χ4v) is 2.60. The van der Waals surface area contributed by atoms with E-state index in [0.717, 1.165) is 25.7 Å². The third kappa shape index (κ3) is 2.14. The van der Waals surface area contributed by atoms with Gasteiger partial charge in [0.2, 0.25) is 0 Å². The summed E-state index contributed by atoms with van der Waals surface area (Å²) in [5, 5.41) is 2.85. The lowest BCUT2D eigenvalue weighted by Crippen LogP contribution is -2.49. The van der Waals surface area contributed by atoms with Crippen LogP contribution in [-0.2, 0) is 0 Å². The third-order valence-corrected chi connectivity index (χ3v) is 3.89. The van der Waals surface area contributed by atoms with Crippen molar-refractivity contribution in [2.45, 2.75) is 63.2 Å². The zero-order chi connectivity index (χ0) is 11.1. The Bertz CT molecular complexity index is 232. The maximum atomic E-state index is 12.7. The highest BCUT2D eigenvalue weighted by molar-refractivity contribution is 5.09. The zero-order valence-electron chi connectivity index (χ0n) is 9.03. The maximum Gasteiger partial charge on any atom is 0.406 e. The summed E-state index contributed by atoms with van der Waals surface area (Å²) in [7, 11) is 0. The van der Waals surface area contributed by atoms with E-state index in [2.05, 4.69) is 12.2 Å². The molecule has 2 aliphatic carbocycles. The lowest BCUT2D eigenvalue weighted by Gasteiger charge is -2.25. The summed E-state index contributed by atoms with van der Waals surface area (Å²) in [6.07, 6.45) is 0.495. The van der Waals surface area contributed by atoms with Gasteiger partial charge in [0.1, 0.15) is 5.54 Å². The first-order chi connectivity index (χ1) is 6.97. The Morgan fingerprint density at radius 1 is 1.27 bits per heavy atom. The predicted molar refractivity (Wildman–Crippen MR) is 52.6 cm³/mol. The first kappa shape index (κ1) is 11.2. The molecule has 2 saturated carbocycles. The van der Waals surface area contributed by atoms with Gasteiger partial charge in [0.25, 0.3) is 0 Å². The molecule has 0 aromatic rings. The van der Waals surface area contributed by atoms with Crippen LogP contribution in [0.4, 0.5) is 13.2 Å². The Morgan fingerprint density at radius 2 is 1.93 bits per heavy atom. The van der Waals surface area contributed by atoms with E-state index >= 15 is 0 Å². The van der Waals surface area contributed by atoms with Crippen LogP contribution in [0.15, 0.2) is 0 Å². The first-order valence-electron chi connectivity index (χ1n) is 5.81. The number of hydrogen-bond acceptors (Lipinski definition) is 1. The molecular weight excluding hydrogens is 203 g/mol. The van der Waals surface area contributed by atoms with Crippen molar-refractivity contribution in [1.82, 2.24) is 5.32 Å². The number of rotatable bonds is 3. The van der Waals surface area contributed by atoms with E-state index in [-0.39, 0.29) is 18.9 Å². The van der Waals surface area contributed by atoms with Crippen LogP contribution < -0.4 is 5.32 Å². The molecule has 2 aliphatic rings. The fraction of sp³-hybridized carbons (Fsp3) is 1.00. The molecule has 0 saturated heterocycles. The van der Waals surface area contributed by atoms with Crippen LogP contribution in [0.3, 0.4) is 0 Å². The van der Waals surface area contributed by atoms with Crippen molar-refractivity contribution in [1.29, 1.82) is 0 Å². The van der Waals surface area contributed by atoms with Crippen LogP contribution >= 0.6 is 0 Å². The van der Waals surface area contributed by atoms with Gasteiger partial charge in [-0.1, -0.05) is 13.3 Å². The van der Waals surface area contributed by atoms with Crippen molar-refractivity contribution in [3.05, 3.63) is 0 Å². The molecular formula is C11H18F3N. The van der Waals surface area contributed by atoms with Crippen LogP contribution in [0, 0.1) is 5.92 Å². The number of nitrogens with one attached hydrogen (secondary N) is 1. The third-order valence-electron chi connectivity index (χ3n) is 3.89. The molecule has 0 aromatic carbocycles. The Hall–Kier alpha value is -0.250. The standard InChI is InChI=1S/C11H18F3N/c1-2-8-3-4-9(7-8)15-10(5-6-10)11(12,13)14/h8-9,15H,2-7H2,1H3. The molecule has 2 rings (SSSR count). The summed E-state index contributed by atoms with van der Waals surface area (Å²) in [6.45, 7) is 2.11. The molecule has 4 heteroatoms. The minimum absolute atomic E-state index is 0.0964. The minimum atomic E-state index is -4.06. The van der Waals surface area contributed by atoms with Gasteiger partial charge in [-0.2, -0.15) is 13.2 Å². The van der Waals surface area contributed by atoms with E-state index < -0.39 is 11.7 Å². The molecule has 2 fully saturated rings. The van der Waals surface area contributed by atoms with Crippen molar-refractivity contribution >= 4 is 0 Å². The Labute approximate surface area is 88.4 Å². The highest BCUT2D eigenvalue weighted by Gasteiger charge is 2.63. The lowest BCUT2D eigenvalue weighted by molar-refractivity contribution is -0.167. The van der Waals surface area contributed by atoms with Crippen molar-refractivity contribution in [3.63, 3.8) is 0 Å². The quantitative estimate of drug-likeness (QED) is 0.771. The molecule has 0 radical (unpaired) electrons. The maximum absolute atomic E-state index is 12.7.